The summed E-state index contributed by atoms with van der Waals surface area (Å²) in [5.74, 6) is 0.0450. The molecule has 0 N–H and O–H groups in total. The third-order valence-corrected chi connectivity index (χ3v) is 3.49. The van der Waals surface area contributed by atoms with Crippen molar-refractivity contribution in [1.29, 1.82) is 0 Å². The van der Waals surface area contributed by atoms with Crippen molar-refractivity contribution in [3.05, 3.63) is 33.8 Å². The quantitative estimate of drug-likeness (QED) is 0.810. The largest absolute Gasteiger partial charge is 0.336 e. The molecule has 86 valence electrons. The van der Waals surface area contributed by atoms with Gasteiger partial charge in [-0.2, -0.15) is 0 Å². The van der Waals surface area contributed by atoms with Gasteiger partial charge in [-0.3, -0.25) is 4.79 Å². The van der Waals surface area contributed by atoms with Crippen molar-refractivity contribution in [3.8, 4) is 0 Å². The highest BCUT2D eigenvalue weighted by Crippen LogP contribution is 2.29. The lowest BCUT2D eigenvalue weighted by molar-refractivity contribution is 0.0752. The molecular weight excluding hydrogens is 245 g/mol. The average molecular weight is 258 g/mol. The highest BCUT2D eigenvalue weighted by Gasteiger charge is 2.31. The number of carbonyl (C=O) groups is 1. The van der Waals surface area contributed by atoms with Crippen LogP contribution in [0.1, 0.15) is 30.1 Å². The molecule has 0 radical (unpaired) electrons. The minimum Gasteiger partial charge on any atom is -0.336 e. The molecule has 16 heavy (non-hydrogen) atoms. The second-order valence-electron chi connectivity index (χ2n) is 3.95. The summed E-state index contributed by atoms with van der Waals surface area (Å²) >= 11 is 11.7. The molecule has 0 aliphatic heterocycles. The second-order valence-corrected chi connectivity index (χ2v) is 4.77. The molecule has 1 aromatic rings. The molecule has 0 unspecified atom stereocenters. The van der Waals surface area contributed by atoms with Gasteiger partial charge in [-0.25, -0.2) is 0 Å². The van der Waals surface area contributed by atoms with Gasteiger partial charge < -0.3 is 4.90 Å². The van der Waals surface area contributed by atoms with Crippen LogP contribution in [0, 0.1) is 0 Å². The van der Waals surface area contributed by atoms with Gasteiger partial charge in [0, 0.05) is 18.2 Å². The van der Waals surface area contributed by atoms with Crippen LogP contribution in [0.3, 0.4) is 0 Å². The van der Waals surface area contributed by atoms with Crippen LogP contribution in [0.2, 0.25) is 10.0 Å². The first-order chi connectivity index (χ1) is 7.63. The van der Waals surface area contributed by atoms with Crippen LogP contribution in [0.25, 0.3) is 0 Å². The summed E-state index contributed by atoms with van der Waals surface area (Å²) in [4.78, 5) is 14.0. The molecule has 1 aliphatic rings. The third-order valence-electron chi connectivity index (χ3n) is 2.76. The lowest BCUT2D eigenvalue weighted by Gasteiger charge is -2.20. The van der Waals surface area contributed by atoms with Gasteiger partial charge in [0.2, 0.25) is 0 Å². The molecule has 1 aliphatic carbocycles. The summed E-state index contributed by atoms with van der Waals surface area (Å²) in [6.07, 6.45) is 2.22. The first-order valence-corrected chi connectivity index (χ1v) is 6.15. The number of amides is 1. The molecule has 0 saturated heterocycles. The number of carbonyl (C=O) groups excluding carboxylic acids is 1. The Kier molecular flexibility index (Phi) is 3.41. The number of hydrogen-bond donors (Lipinski definition) is 0. The Bertz CT molecular complexity index is 415. The standard InChI is InChI=1S/C12H13Cl2NO/c1-2-15(9-4-5-9)12(16)8-3-6-10(13)11(14)7-8/h3,6-7,9H,2,4-5H2,1H3. The van der Waals surface area contributed by atoms with Crippen molar-refractivity contribution in [2.75, 3.05) is 6.54 Å². The van der Waals surface area contributed by atoms with Gasteiger partial charge in [0.25, 0.3) is 5.91 Å². The van der Waals surface area contributed by atoms with Gasteiger partial charge in [0.05, 0.1) is 10.0 Å². The molecular formula is C12H13Cl2NO. The molecule has 4 heteroatoms. The summed E-state index contributed by atoms with van der Waals surface area (Å²) in [5.41, 5.74) is 0.614. The zero-order valence-corrected chi connectivity index (χ0v) is 10.6. The lowest BCUT2D eigenvalue weighted by atomic mass is 10.2. The van der Waals surface area contributed by atoms with Crippen molar-refractivity contribution in [2.24, 2.45) is 0 Å². The zero-order chi connectivity index (χ0) is 11.7. The van der Waals surface area contributed by atoms with E-state index >= 15 is 0 Å². The molecule has 0 spiro atoms. The van der Waals surface area contributed by atoms with Crippen LogP contribution in [0.4, 0.5) is 0 Å². The van der Waals surface area contributed by atoms with Crippen molar-refractivity contribution in [3.63, 3.8) is 0 Å². The van der Waals surface area contributed by atoms with E-state index in [4.69, 9.17) is 23.2 Å². The summed E-state index contributed by atoms with van der Waals surface area (Å²) in [7, 11) is 0. The van der Waals surface area contributed by atoms with Crippen molar-refractivity contribution in [1.82, 2.24) is 4.90 Å². The molecule has 1 amide bonds. The van der Waals surface area contributed by atoms with E-state index in [2.05, 4.69) is 0 Å². The molecule has 0 bridgehead atoms. The van der Waals surface area contributed by atoms with Crippen molar-refractivity contribution >= 4 is 29.1 Å². The normalized spacial score (nSPS) is 14.9. The van der Waals surface area contributed by atoms with E-state index in [1.165, 1.54) is 0 Å². The van der Waals surface area contributed by atoms with Crippen molar-refractivity contribution < 1.29 is 4.79 Å². The Morgan fingerprint density at radius 1 is 1.38 bits per heavy atom. The van der Waals surface area contributed by atoms with E-state index in [0.717, 1.165) is 19.4 Å². The molecule has 2 nitrogen and oxygen atoms in total. The van der Waals surface area contributed by atoms with Gasteiger partial charge in [-0.05, 0) is 38.0 Å². The lowest BCUT2D eigenvalue weighted by Crippen LogP contribution is -2.32. The predicted molar refractivity (Wildman–Crippen MR) is 66.2 cm³/mol. The van der Waals surface area contributed by atoms with Gasteiger partial charge >= 0.3 is 0 Å². The number of nitrogens with zero attached hydrogens (tertiary/aromatic N) is 1. The topological polar surface area (TPSA) is 20.3 Å². The Labute approximate surface area is 105 Å². The first kappa shape index (κ1) is 11.7. The van der Waals surface area contributed by atoms with Gasteiger partial charge in [0.15, 0.2) is 0 Å². The summed E-state index contributed by atoms with van der Waals surface area (Å²) in [6.45, 7) is 2.73. The Balaban J connectivity index is 2.22. The van der Waals surface area contributed by atoms with E-state index in [-0.39, 0.29) is 5.91 Å². The number of rotatable bonds is 3. The summed E-state index contributed by atoms with van der Waals surface area (Å²) in [6, 6.07) is 5.45. The smallest absolute Gasteiger partial charge is 0.254 e. The summed E-state index contributed by atoms with van der Waals surface area (Å²) in [5, 5.41) is 0.909. The number of hydrogen-bond acceptors (Lipinski definition) is 1. The highest BCUT2D eigenvalue weighted by atomic mass is 35.5. The Morgan fingerprint density at radius 2 is 2.06 bits per heavy atom. The third kappa shape index (κ3) is 2.33. The maximum Gasteiger partial charge on any atom is 0.254 e. The molecule has 2 rings (SSSR count). The van der Waals surface area contributed by atoms with E-state index in [0.29, 0.717) is 21.7 Å². The predicted octanol–water partition coefficient (Wildman–Crippen LogP) is 3.62. The highest BCUT2D eigenvalue weighted by molar-refractivity contribution is 6.42. The zero-order valence-electron chi connectivity index (χ0n) is 9.04. The maximum absolute atomic E-state index is 12.1. The van der Waals surface area contributed by atoms with Gasteiger partial charge in [-0.1, -0.05) is 23.2 Å². The van der Waals surface area contributed by atoms with Crippen LogP contribution in [-0.2, 0) is 0 Å². The fourth-order valence-electron chi connectivity index (χ4n) is 1.75. The van der Waals surface area contributed by atoms with Crippen LogP contribution in [0.15, 0.2) is 18.2 Å². The van der Waals surface area contributed by atoms with Crippen LogP contribution in [0.5, 0.6) is 0 Å². The van der Waals surface area contributed by atoms with Crippen LogP contribution < -0.4 is 0 Å². The van der Waals surface area contributed by atoms with Gasteiger partial charge in [-0.15, -0.1) is 0 Å². The SMILES string of the molecule is CCN(C(=O)c1ccc(Cl)c(Cl)c1)C1CC1. The fraction of sp³-hybridized carbons (Fsp3) is 0.417. The molecule has 0 atom stereocenters. The summed E-state index contributed by atoms with van der Waals surface area (Å²) < 4.78 is 0. The minimum atomic E-state index is 0.0450. The molecule has 0 aromatic heterocycles. The molecule has 0 heterocycles. The Morgan fingerprint density at radius 3 is 2.56 bits per heavy atom. The van der Waals surface area contributed by atoms with Crippen molar-refractivity contribution in [2.45, 2.75) is 25.8 Å². The number of halogens is 2. The van der Waals surface area contributed by atoms with E-state index in [1.54, 1.807) is 18.2 Å². The average Bonchev–Trinajstić information content (AvgIpc) is 3.07. The van der Waals surface area contributed by atoms with E-state index in [9.17, 15) is 4.79 Å². The van der Waals surface area contributed by atoms with E-state index in [1.807, 2.05) is 11.8 Å². The second kappa shape index (κ2) is 4.64. The molecule has 1 saturated carbocycles. The Hall–Kier alpha value is -0.730. The molecule has 1 fully saturated rings. The fourth-order valence-corrected chi connectivity index (χ4v) is 2.05. The first-order valence-electron chi connectivity index (χ1n) is 5.39. The van der Waals surface area contributed by atoms with Gasteiger partial charge in [0.1, 0.15) is 0 Å². The monoisotopic (exact) mass is 257 g/mol. The maximum atomic E-state index is 12.1. The molecule has 1 aromatic carbocycles. The number of benzene rings is 1. The van der Waals surface area contributed by atoms with Crippen LogP contribution in [-0.4, -0.2) is 23.4 Å². The van der Waals surface area contributed by atoms with Crippen LogP contribution >= 0.6 is 23.2 Å². The minimum absolute atomic E-state index is 0.0450. The van der Waals surface area contributed by atoms with E-state index < -0.39 is 0 Å².